The topological polar surface area (TPSA) is 48.9 Å². The molecular formula is C17H35IN4O. The number of hydrogen-bond acceptors (Lipinski definition) is 3. The van der Waals surface area contributed by atoms with Crippen molar-refractivity contribution in [2.24, 2.45) is 10.9 Å². The van der Waals surface area contributed by atoms with Crippen LogP contribution in [0.15, 0.2) is 4.99 Å². The van der Waals surface area contributed by atoms with Gasteiger partial charge in [0.2, 0.25) is 0 Å². The maximum atomic E-state index is 5.61. The van der Waals surface area contributed by atoms with Gasteiger partial charge in [0.1, 0.15) is 0 Å². The standard InChI is InChI=1S/C17H34N4O.HI/c1-4-18-16(19-13-15(2)3)20-14-17(7-11-22-12-8-17)21-9-5-6-10-21;/h15H,4-14H2,1-3H3,(H2,18,19,20);1H. The van der Waals surface area contributed by atoms with Crippen molar-refractivity contribution < 1.29 is 4.74 Å². The molecule has 0 bridgehead atoms. The molecular weight excluding hydrogens is 403 g/mol. The number of ether oxygens (including phenoxy) is 1. The summed E-state index contributed by atoms with van der Waals surface area (Å²) in [4.78, 5) is 7.59. The van der Waals surface area contributed by atoms with Crippen molar-refractivity contribution in [1.82, 2.24) is 15.5 Å². The fourth-order valence-corrected chi connectivity index (χ4v) is 3.39. The lowest BCUT2D eigenvalue weighted by Crippen LogP contribution is -2.54. The Hall–Kier alpha value is -0.0800. The number of likely N-dealkylation sites (tertiary alicyclic amines) is 1. The summed E-state index contributed by atoms with van der Waals surface area (Å²) in [6, 6.07) is 0. The van der Waals surface area contributed by atoms with E-state index in [1.54, 1.807) is 0 Å². The van der Waals surface area contributed by atoms with Crippen LogP contribution in [0, 0.1) is 5.92 Å². The van der Waals surface area contributed by atoms with E-state index in [-0.39, 0.29) is 29.5 Å². The smallest absolute Gasteiger partial charge is 0.191 e. The maximum Gasteiger partial charge on any atom is 0.191 e. The quantitative estimate of drug-likeness (QED) is 0.380. The van der Waals surface area contributed by atoms with E-state index in [0.717, 1.165) is 51.6 Å². The van der Waals surface area contributed by atoms with E-state index in [2.05, 4.69) is 36.3 Å². The molecule has 2 saturated heterocycles. The van der Waals surface area contributed by atoms with Crippen LogP contribution in [-0.4, -0.2) is 62.3 Å². The lowest BCUT2D eigenvalue weighted by atomic mass is 9.88. The fourth-order valence-electron chi connectivity index (χ4n) is 3.39. The molecule has 23 heavy (non-hydrogen) atoms. The molecule has 0 unspecified atom stereocenters. The molecule has 0 atom stereocenters. The monoisotopic (exact) mass is 438 g/mol. The van der Waals surface area contributed by atoms with Gasteiger partial charge < -0.3 is 15.4 Å². The zero-order valence-electron chi connectivity index (χ0n) is 15.1. The van der Waals surface area contributed by atoms with Gasteiger partial charge in [-0.15, -0.1) is 24.0 Å². The predicted octanol–water partition coefficient (Wildman–Crippen LogP) is 2.46. The number of nitrogens with zero attached hydrogens (tertiary/aromatic N) is 2. The first-order chi connectivity index (χ1) is 10.7. The van der Waals surface area contributed by atoms with Crippen LogP contribution in [0.1, 0.15) is 46.5 Å². The predicted molar refractivity (Wildman–Crippen MR) is 108 cm³/mol. The second-order valence-electron chi connectivity index (χ2n) is 7.00. The van der Waals surface area contributed by atoms with Crippen molar-refractivity contribution in [2.75, 3.05) is 45.9 Å². The normalized spacial score (nSPS) is 22.0. The van der Waals surface area contributed by atoms with Crippen LogP contribution >= 0.6 is 24.0 Å². The summed E-state index contributed by atoms with van der Waals surface area (Å²) in [6.07, 6.45) is 4.89. The van der Waals surface area contributed by atoms with Crippen LogP contribution in [0.5, 0.6) is 0 Å². The Balaban J connectivity index is 0.00000264. The first kappa shape index (κ1) is 21.0. The summed E-state index contributed by atoms with van der Waals surface area (Å²) < 4.78 is 5.61. The number of rotatable bonds is 6. The van der Waals surface area contributed by atoms with Gasteiger partial charge in [0, 0.05) is 31.8 Å². The summed E-state index contributed by atoms with van der Waals surface area (Å²) in [5, 5.41) is 6.83. The molecule has 0 radical (unpaired) electrons. The van der Waals surface area contributed by atoms with Crippen LogP contribution in [0.2, 0.25) is 0 Å². The third-order valence-corrected chi connectivity index (χ3v) is 4.75. The summed E-state index contributed by atoms with van der Waals surface area (Å²) in [7, 11) is 0. The number of nitrogens with one attached hydrogen (secondary N) is 2. The molecule has 0 aliphatic carbocycles. The van der Waals surface area contributed by atoms with Crippen molar-refractivity contribution in [1.29, 1.82) is 0 Å². The molecule has 6 heteroatoms. The van der Waals surface area contributed by atoms with E-state index in [4.69, 9.17) is 9.73 Å². The molecule has 0 aromatic rings. The molecule has 0 aromatic heterocycles. The number of hydrogen-bond donors (Lipinski definition) is 2. The molecule has 2 aliphatic rings. The Morgan fingerprint density at radius 2 is 1.83 bits per heavy atom. The highest BCUT2D eigenvalue weighted by Crippen LogP contribution is 2.31. The van der Waals surface area contributed by atoms with Crippen LogP contribution in [-0.2, 0) is 4.74 Å². The molecule has 2 heterocycles. The number of guanidine groups is 1. The average Bonchev–Trinajstić information content (AvgIpc) is 3.06. The third kappa shape index (κ3) is 6.38. The van der Waals surface area contributed by atoms with Crippen molar-refractivity contribution in [3.63, 3.8) is 0 Å². The molecule has 2 rings (SSSR count). The Morgan fingerprint density at radius 1 is 1.17 bits per heavy atom. The Morgan fingerprint density at radius 3 is 2.39 bits per heavy atom. The largest absolute Gasteiger partial charge is 0.381 e. The minimum Gasteiger partial charge on any atom is -0.381 e. The van der Waals surface area contributed by atoms with Gasteiger partial charge in [-0.05, 0) is 51.6 Å². The second-order valence-corrected chi connectivity index (χ2v) is 7.00. The van der Waals surface area contributed by atoms with Crippen LogP contribution < -0.4 is 10.6 Å². The molecule has 0 amide bonds. The molecule has 2 fully saturated rings. The minimum absolute atomic E-state index is 0. The highest BCUT2D eigenvalue weighted by Gasteiger charge is 2.39. The van der Waals surface area contributed by atoms with Gasteiger partial charge in [0.15, 0.2) is 5.96 Å². The van der Waals surface area contributed by atoms with E-state index < -0.39 is 0 Å². The molecule has 0 spiro atoms. The first-order valence-corrected chi connectivity index (χ1v) is 9.01. The molecule has 2 N–H and O–H groups in total. The van der Waals surface area contributed by atoms with Crippen molar-refractivity contribution in [3.05, 3.63) is 0 Å². The Bertz CT molecular complexity index is 351. The maximum absolute atomic E-state index is 5.61. The molecule has 5 nitrogen and oxygen atoms in total. The summed E-state index contributed by atoms with van der Waals surface area (Å²) in [6.45, 7) is 13.5. The van der Waals surface area contributed by atoms with Gasteiger partial charge >= 0.3 is 0 Å². The zero-order chi connectivity index (χ0) is 15.8. The van der Waals surface area contributed by atoms with Crippen molar-refractivity contribution in [2.45, 2.75) is 52.0 Å². The lowest BCUT2D eigenvalue weighted by molar-refractivity contribution is -0.0139. The SMILES string of the molecule is CCNC(=NCC1(N2CCCC2)CCOCC1)NCC(C)C.I. The van der Waals surface area contributed by atoms with E-state index in [9.17, 15) is 0 Å². The minimum atomic E-state index is 0. The first-order valence-electron chi connectivity index (χ1n) is 9.01. The number of halogens is 1. The van der Waals surface area contributed by atoms with E-state index in [1.807, 2.05) is 0 Å². The highest BCUT2D eigenvalue weighted by molar-refractivity contribution is 14.0. The van der Waals surface area contributed by atoms with Gasteiger partial charge in [0.25, 0.3) is 0 Å². The molecule has 136 valence electrons. The van der Waals surface area contributed by atoms with Gasteiger partial charge in [0.05, 0.1) is 6.54 Å². The lowest BCUT2D eigenvalue weighted by Gasteiger charge is -2.43. The van der Waals surface area contributed by atoms with Crippen LogP contribution in [0.25, 0.3) is 0 Å². The Kier molecular flexibility index (Phi) is 9.77. The molecule has 0 saturated carbocycles. The number of aliphatic imine (C=N–C) groups is 1. The third-order valence-electron chi connectivity index (χ3n) is 4.75. The van der Waals surface area contributed by atoms with E-state index in [0.29, 0.717) is 5.92 Å². The van der Waals surface area contributed by atoms with Crippen molar-refractivity contribution in [3.8, 4) is 0 Å². The Labute approximate surface area is 159 Å². The van der Waals surface area contributed by atoms with Gasteiger partial charge in [-0.25, -0.2) is 0 Å². The van der Waals surface area contributed by atoms with Crippen LogP contribution in [0.3, 0.4) is 0 Å². The van der Waals surface area contributed by atoms with E-state index >= 15 is 0 Å². The van der Waals surface area contributed by atoms with Gasteiger partial charge in [-0.3, -0.25) is 9.89 Å². The second kappa shape index (κ2) is 10.7. The highest BCUT2D eigenvalue weighted by atomic mass is 127. The van der Waals surface area contributed by atoms with Crippen LogP contribution in [0.4, 0.5) is 0 Å². The van der Waals surface area contributed by atoms with Gasteiger partial charge in [-0.1, -0.05) is 13.8 Å². The summed E-state index contributed by atoms with van der Waals surface area (Å²) in [5.74, 6) is 1.58. The summed E-state index contributed by atoms with van der Waals surface area (Å²) >= 11 is 0. The summed E-state index contributed by atoms with van der Waals surface area (Å²) in [5.41, 5.74) is 0.217. The molecule has 2 aliphatic heterocycles. The van der Waals surface area contributed by atoms with E-state index in [1.165, 1.54) is 25.9 Å². The molecule has 0 aromatic carbocycles. The average molecular weight is 438 g/mol. The fraction of sp³-hybridized carbons (Fsp3) is 0.941. The van der Waals surface area contributed by atoms with Gasteiger partial charge in [-0.2, -0.15) is 0 Å². The van der Waals surface area contributed by atoms with Crippen molar-refractivity contribution >= 4 is 29.9 Å². The zero-order valence-corrected chi connectivity index (χ0v) is 17.4.